The van der Waals surface area contributed by atoms with Crippen LogP contribution in [0.5, 0.6) is 5.75 Å². The number of hydrogen-bond acceptors (Lipinski definition) is 5. The van der Waals surface area contributed by atoms with Crippen molar-refractivity contribution < 1.29 is 19.2 Å². The molecule has 2 amide bonds. The largest absolute Gasteiger partial charge is 0.493 e. The minimum Gasteiger partial charge on any atom is -0.493 e. The highest BCUT2D eigenvalue weighted by Gasteiger charge is 2.34. The number of carbonyl (C=O) groups is 2. The van der Waals surface area contributed by atoms with Gasteiger partial charge in [0.15, 0.2) is 0 Å². The predicted octanol–water partition coefficient (Wildman–Crippen LogP) is 2.39. The molecule has 0 spiro atoms. The van der Waals surface area contributed by atoms with Crippen LogP contribution in [0.15, 0.2) is 23.4 Å². The molecule has 0 aromatic heterocycles. The fraction of sp³-hybridized carbons (Fsp3) is 0.591. The molecule has 0 bridgehead atoms. The van der Waals surface area contributed by atoms with E-state index in [0.29, 0.717) is 50.1 Å². The van der Waals surface area contributed by atoms with Gasteiger partial charge in [0.1, 0.15) is 5.75 Å². The molecule has 4 rings (SSSR count). The average molecular weight is 399 g/mol. The maximum Gasteiger partial charge on any atom is 0.266 e. The summed E-state index contributed by atoms with van der Waals surface area (Å²) in [5.74, 6) is 1.56. The van der Waals surface area contributed by atoms with Gasteiger partial charge in [-0.05, 0) is 48.4 Å². The van der Waals surface area contributed by atoms with Crippen molar-refractivity contribution in [2.75, 3.05) is 26.2 Å². The summed E-state index contributed by atoms with van der Waals surface area (Å²) >= 11 is 0. The standard InChI is InChI=1S/C22H29N3O4/c1-14(2)18-12-20(29-24-18)22(27)25-8-5-15(6-9-25)13-23-21(26)17-3-4-19-16(11-17)7-10-28-19/h3-4,11,14-15,20H,5-10,12-13H2,1-2H3,(H,23,26). The summed E-state index contributed by atoms with van der Waals surface area (Å²) < 4.78 is 5.49. The number of likely N-dealkylation sites (tertiary alicyclic amines) is 1. The number of rotatable bonds is 5. The Bertz CT molecular complexity index is 812. The number of carbonyl (C=O) groups excluding carboxylic acids is 2. The summed E-state index contributed by atoms with van der Waals surface area (Å²) in [6.45, 7) is 6.85. The first-order valence-electron chi connectivity index (χ1n) is 10.6. The van der Waals surface area contributed by atoms with Gasteiger partial charge in [-0.2, -0.15) is 0 Å². The molecule has 1 aromatic rings. The van der Waals surface area contributed by atoms with Crippen LogP contribution < -0.4 is 10.1 Å². The van der Waals surface area contributed by atoms with Crippen LogP contribution in [-0.2, 0) is 16.1 Å². The summed E-state index contributed by atoms with van der Waals surface area (Å²) in [5, 5.41) is 7.11. The lowest BCUT2D eigenvalue weighted by molar-refractivity contribution is -0.143. The number of benzene rings is 1. The molecule has 0 aliphatic carbocycles. The van der Waals surface area contributed by atoms with Crippen LogP contribution in [0.2, 0.25) is 0 Å². The number of nitrogens with zero attached hydrogens (tertiary/aromatic N) is 2. The number of piperidine rings is 1. The summed E-state index contributed by atoms with van der Waals surface area (Å²) in [6, 6.07) is 5.62. The smallest absolute Gasteiger partial charge is 0.266 e. The second kappa shape index (κ2) is 8.43. The maximum absolute atomic E-state index is 12.7. The van der Waals surface area contributed by atoms with E-state index in [1.165, 1.54) is 0 Å². The Labute approximate surface area is 171 Å². The molecular weight excluding hydrogens is 370 g/mol. The third-order valence-electron chi connectivity index (χ3n) is 6.06. The lowest BCUT2D eigenvalue weighted by atomic mass is 9.95. The van der Waals surface area contributed by atoms with E-state index in [1.54, 1.807) is 0 Å². The molecule has 0 saturated carbocycles. The lowest BCUT2D eigenvalue weighted by Gasteiger charge is -2.33. The van der Waals surface area contributed by atoms with Crippen molar-refractivity contribution in [1.82, 2.24) is 10.2 Å². The maximum atomic E-state index is 12.7. The first-order valence-corrected chi connectivity index (χ1v) is 10.6. The van der Waals surface area contributed by atoms with Crippen molar-refractivity contribution in [2.24, 2.45) is 17.0 Å². The van der Waals surface area contributed by atoms with E-state index >= 15 is 0 Å². The third-order valence-corrected chi connectivity index (χ3v) is 6.06. The molecular formula is C22H29N3O4. The minimum absolute atomic E-state index is 0.0345. The normalized spacial score (nSPS) is 21.4. The Hall–Kier alpha value is -2.57. The fourth-order valence-corrected chi connectivity index (χ4v) is 4.10. The van der Waals surface area contributed by atoms with E-state index in [9.17, 15) is 9.59 Å². The number of nitrogens with one attached hydrogen (secondary N) is 1. The monoisotopic (exact) mass is 399 g/mol. The number of amides is 2. The van der Waals surface area contributed by atoms with Crippen LogP contribution >= 0.6 is 0 Å². The highest BCUT2D eigenvalue weighted by molar-refractivity contribution is 5.95. The molecule has 1 unspecified atom stereocenters. The number of oxime groups is 1. The molecule has 1 atom stereocenters. The van der Waals surface area contributed by atoms with Crippen LogP contribution in [-0.4, -0.2) is 54.8 Å². The highest BCUT2D eigenvalue weighted by Crippen LogP contribution is 2.26. The Kier molecular flexibility index (Phi) is 5.74. The topological polar surface area (TPSA) is 80.2 Å². The minimum atomic E-state index is -0.465. The molecule has 1 saturated heterocycles. The van der Waals surface area contributed by atoms with Crippen molar-refractivity contribution in [3.05, 3.63) is 29.3 Å². The second-order valence-corrected chi connectivity index (χ2v) is 8.44. The SMILES string of the molecule is CC(C)C1=NOC(C(=O)N2CCC(CNC(=O)c3ccc4c(c3)CCO4)CC2)C1. The highest BCUT2D eigenvalue weighted by atomic mass is 16.6. The zero-order chi connectivity index (χ0) is 20.4. The van der Waals surface area contributed by atoms with Crippen molar-refractivity contribution in [1.29, 1.82) is 0 Å². The van der Waals surface area contributed by atoms with E-state index < -0.39 is 6.10 Å². The Morgan fingerprint density at radius 2 is 2.07 bits per heavy atom. The third kappa shape index (κ3) is 4.38. The summed E-state index contributed by atoms with van der Waals surface area (Å²) in [6.07, 6.45) is 2.76. The zero-order valence-corrected chi connectivity index (χ0v) is 17.1. The Morgan fingerprint density at radius 3 is 2.79 bits per heavy atom. The van der Waals surface area contributed by atoms with Gasteiger partial charge < -0.3 is 19.8 Å². The first kappa shape index (κ1) is 19.7. The van der Waals surface area contributed by atoms with Crippen LogP contribution in [0.25, 0.3) is 0 Å². The van der Waals surface area contributed by atoms with Crippen molar-refractivity contribution in [3.8, 4) is 5.75 Å². The van der Waals surface area contributed by atoms with Gasteiger partial charge in [-0.25, -0.2) is 0 Å². The quantitative estimate of drug-likeness (QED) is 0.824. The van der Waals surface area contributed by atoms with Crippen LogP contribution in [0.1, 0.15) is 49.0 Å². The van der Waals surface area contributed by atoms with Gasteiger partial charge in [0.05, 0.1) is 12.3 Å². The van der Waals surface area contributed by atoms with E-state index in [-0.39, 0.29) is 11.8 Å². The molecule has 7 nitrogen and oxygen atoms in total. The second-order valence-electron chi connectivity index (χ2n) is 8.44. The molecule has 1 N–H and O–H groups in total. The van der Waals surface area contributed by atoms with Gasteiger partial charge in [-0.15, -0.1) is 0 Å². The number of fused-ring (bicyclic) bond motifs is 1. The molecule has 1 aromatic carbocycles. The summed E-state index contributed by atoms with van der Waals surface area (Å²) in [7, 11) is 0. The van der Waals surface area contributed by atoms with Gasteiger partial charge >= 0.3 is 0 Å². The molecule has 156 valence electrons. The molecule has 3 aliphatic heterocycles. The molecule has 29 heavy (non-hydrogen) atoms. The summed E-state index contributed by atoms with van der Waals surface area (Å²) in [5.41, 5.74) is 2.74. The van der Waals surface area contributed by atoms with Crippen LogP contribution in [0.3, 0.4) is 0 Å². The van der Waals surface area contributed by atoms with Gasteiger partial charge in [-0.1, -0.05) is 19.0 Å². The molecule has 0 radical (unpaired) electrons. The Morgan fingerprint density at radius 1 is 1.28 bits per heavy atom. The van der Waals surface area contributed by atoms with Gasteiger partial charge in [0, 0.05) is 38.0 Å². The molecule has 1 fully saturated rings. The average Bonchev–Trinajstić information content (AvgIpc) is 3.41. The van der Waals surface area contributed by atoms with Crippen LogP contribution in [0.4, 0.5) is 0 Å². The zero-order valence-electron chi connectivity index (χ0n) is 17.1. The number of hydrogen-bond donors (Lipinski definition) is 1. The van der Waals surface area contributed by atoms with Crippen LogP contribution in [0, 0.1) is 11.8 Å². The summed E-state index contributed by atoms with van der Waals surface area (Å²) in [4.78, 5) is 32.4. The molecule has 7 heteroatoms. The van der Waals surface area contributed by atoms with E-state index in [1.807, 2.05) is 23.1 Å². The molecule has 3 aliphatic rings. The number of ether oxygens (including phenoxy) is 1. The van der Waals surface area contributed by atoms with Crippen molar-refractivity contribution in [3.63, 3.8) is 0 Å². The predicted molar refractivity (Wildman–Crippen MR) is 109 cm³/mol. The van der Waals surface area contributed by atoms with Crippen molar-refractivity contribution in [2.45, 2.75) is 45.6 Å². The Balaban J connectivity index is 1.21. The fourth-order valence-electron chi connectivity index (χ4n) is 4.10. The molecule has 3 heterocycles. The van der Waals surface area contributed by atoms with E-state index in [4.69, 9.17) is 9.57 Å². The van der Waals surface area contributed by atoms with Crippen molar-refractivity contribution >= 4 is 17.5 Å². The van der Waals surface area contributed by atoms with Gasteiger partial charge in [0.2, 0.25) is 6.10 Å². The lowest BCUT2D eigenvalue weighted by Crippen LogP contribution is -2.45. The first-order chi connectivity index (χ1) is 14.0. The van der Waals surface area contributed by atoms with Gasteiger partial charge in [0.25, 0.3) is 11.8 Å². The van der Waals surface area contributed by atoms with E-state index in [2.05, 4.69) is 24.3 Å². The van der Waals surface area contributed by atoms with Gasteiger partial charge in [-0.3, -0.25) is 9.59 Å². The van der Waals surface area contributed by atoms with E-state index in [0.717, 1.165) is 36.3 Å².